The van der Waals surface area contributed by atoms with Crippen LogP contribution in [0.15, 0.2) is 70.8 Å². The highest BCUT2D eigenvalue weighted by atomic mass is 79.9. The van der Waals surface area contributed by atoms with Gasteiger partial charge in [0.2, 0.25) is 0 Å². The molecule has 0 bridgehead atoms. The van der Waals surface area contributed by atoms with Gasteiger partial charge in [0.25, 0.3) is 11.6 Å². The van der Waals surface area contributed by atoms with Gasteiger partial charge in [-0.15, -0.1) is 0 Å². The van der Waals surface area contributed by atoms with Crippen LogP contribution in [0.3, 0.4) is 0 Å². The minimum atomic E-state index is -0.584. The number of nitro benzene ring substituents is 1. The predicted molar refractivity (Wildman–Crippen MR) is 130 cm³/mol. The number of hydrogen-bond donors (Lipinski definition) is 1. The molecule has 1 heterocycles. The number of imide groups is 1. The molecule has 0 aliphatic carbocycles. The normalized spacial score (nSPS) is 14.4. The number of rotatable bonds is 7. The highest BCUT2D eigenvalue weighted by molar-refractivity contribution is 9.10. The highest BCUT2D eigenvalue weighted by Gasteiger charge is 2.33. The number of hydrogen-bond acceptors (Lipinski definition) is 5. The summed E-state index contributed by atoms with van der Waals surface area (Å²) in [7, 11) is 0. The van der Waals surface area contributed by atoms with Crippen LogP contribution in [0.4, 0.5) is 14.9 Å². The summed E-state index contributed by atoms with van der Waals surface area (Å²) < 4.78 is 19.4. The van der Waals surface area contributed by atoms with E-state index in [9.17, 15) is 24.1 Å². The summed E-state index contributed by atoms with van der Waals surface area (Å²) >= 11 is 9.78. The molecule has 0 saturated carbocycles. The zero-order valence-electron chi connectivity index (χ0n) is 17.8. The van der Waals surface area contributed by atoms with Gasteiger partial charge < -0.3 is 10.1 Å². The van der Waals surface area contributed by atoms with Gasteiger partial charge in [-0.2, -0.15) is 0 Å². The lowest BCUT2D eigenvalue weighted by Gasteiger charge is -2.12. The van der Waals surface area contributed by atoms with E-state index in [-0.39, 0.29) is 29.6 Å². The average Bonchev–Trinajstić information content (AvgIpc) is 3.07. The van der Waals surface area contributed by atoms with Gasteiger partial charge in [0, 0.05) is 12.1 Å². The third-order valence-electron chi connectivity index (χ3n) is 5.08. The molecule has 3 amide bonds. The Morgan fingerprint density at radius 2 is 1.74 bits per heavy atom. The van der Waals surface area contributed by atoms with Gasteiger partial charge in [-0.05, 0) is 75.1 Å². The number of amides is 3. The van der Waals surface area contributed by atoms with Gasteiger partial charge in [-0.1, -0.05) is 23.7 Å². The van der Waals surface area contributed by atoms with Crippen LogP contribution < -0.4 is 10.1 Å². The summed E-state index contributed by atoms with van der Waals surface area (Å²) in [6.45, 7) is 0.131. The number of non-ortho nitro benzene ring substituents is 1. The summed E-state index contributed by atoms with van der Waals surface area (Å²) in [6.07, 6.45) is 1.49. The van der Waals surface area contributed by atoms with Gasteiger partial charge in [-0.25, -0.2) is 9.18 Å². The zero-order chi connectivity index (χ0) is 25.1. The molecule has 1 aliphatic rings. The molecule has 3 aromatic carbocycles. The van der Waals surface area contributed by atoms with Crippen molar-refractivity contribution >= 4 is 51.2 Å². The molecule has 1 fully saturated rings. The Morgan fingerprint density at radius 3 is 2.37 bits per heavy atom. The number of nitrogens with zero attached hydrogens (tertiary/aromatic N) is 2. The lowest BCUT2D eigenvalue weighted by atomic mass is 10.1. The third kappa shape index (κ3) is 5.67. The Labute approximate surface area is 212 Å². The maximum Gasteiger partial charge on any atom is 0.329 e. The van der Waals surface area contributed by atoms with Crippen molar-refractivity contribution in [1.29, 1.82) is 0 Å². The fraction of sp³-hybridized carbons (Fsp3) is 0.0833. The van der Waals surface area contributed by atoms with Gasteiger partial charge in [0.15, 0.2) is 5.75 Å². The molecule has 0 radical (unpaired) electrons. The monoisotopic (exact) mass is 559 g/mol. The summed E-state index contributed by atoms with van der Waals surface area (Å²) in [4.78, 5) is 36.4. The van der Waals surface area contributed by atoms with E-state index in [1.807, 2.05) is 0 Å². The first-order valence-electron chi connectivity index (χ1n) is 10.2. The van der Waals surface area contributed by atoms with Crippen LogP contribution in [-0.2, 0) is 17.9 Å². The van der Waals surface area contributed by atoms with Crippen LogP contribution in [0.5, 0.6) is 5.75 Å². The van der Waals surface area contributed by atoms with Crippen molar-refractivity contribution in [2.45, 2.75) is 13.2 Å². The molecule has 4 rings (SSSR count). The van der Waals surface area contributed by atoms with Crippen LogP contribution in [0.2, 0.25) is 5.02 Å². The van der Waals surface area contributed by atoms with Crippen molar-refractivity contribution in [3.05, 3.63) is 108 Å². The number of nitrogens with one attached hydrogen (secondary N) is 1. The van der Waals surface area contributed by atoms with E-state index < -0.39 is 22.7 Å². The van der Waals surface area contributed by atoms with Crippen LogP contribution in [-0.4, -0.2) is 21.8 Å². The summed E-state index contributed by atoms with van der Waals surface area (Å²) in [5.74, 6) is -0.578. The maximum atomic E-state index is 13.1. The van der Waals surface area contributed by atoms with Crippen LogP contribution >= 0.6 is 27.5 Å². The molecule has 3 aromatic rings. The molecule has 1 N–H and O–H groups in total. The van der Waals surface area contributed by atoms with Crippen LogP contribution in [0.1, 0.15) is 16.7 Å². The van der Waals surface area contributed by atoms with E-state index in [0.29, 0.717) is 26.9 Å². The van der Waals surface area contributed by atoms with Crippen molar-refractivity contribution in [3.8, 4) is 5.75 Å². The molecule has 178 valence electrons. The fourth-order valence-corrected chi connectivity index (χ4v) is 4.31. The Kier molecular flexibility index (Phi) is 7.13. The van der Waals surface area contributed by atoms with Gasteiger partial charge in [0.05, 0.1) is 21.0 Å². The first-order valence-corrected chi connectivity index (χ1v) is 11.3. The summed E-state index contributed by atoms with van der Waals surface area (Å²) in [5, 5.41) is 13.6. The van der Waals surface area contributed by atoms with Crippen molar-refractivity contribution in [1.82, 2.24) is 10.2 Å². The summed E-state index contributed by atoms with van der Waals surface area (Å²) in [5.41, 5.74) is 1.91. The molecule has 8 nitrogen and oxygen atoms in total. The van der Waals surface area contributed by atoms with Gasteiger partial charge in [0.1, 0.15) is 18.1 Å². The van der Waals surface area contributed by atoms with E-state index in [0.717, 1.165) is 4.90 Å². The molecular weight excluding hydrogens is 545 g/mol. The number of nitro groups is 1. The predicted octanol–water partition coefficient (Wildman–Crippen LogP) is 5.82. The molecule has 11 heteroatoms. The first-order chi connectivity index (χ1) is 16.7. The fourth-order valence-electron chi connectivity index (χ4n) is 3.32. The Morgan fingerprint density at radius 1 is 1.09 bits per heavy atom. The Balaban J connectivity index is 1.47. The second-order valence-corrected chi connectivity index (χ2v) is 8.79. The quantitative estimate of drug-likeness (QED) is 0.170. The Bertz CT molecular complexity index is 1320. The van der Waals surface area contributed by atoms with Crippen molar-refractivity contribution < 1.29 is 23.6 Å². The molecule has 0 unspecified atom stereocenters. The van der Waals surface area contributed by atoms with E-state index in [2.05, 4.69) is 21.2 Å². The zero-order valence-corrected chi connectivity index (χ0v) is 20.2. The minimum absolute atomic E-state index is 0.00214. The molecule has 0 spiro atoms. The van der Waals surface area contributed by atoms with Gasteiger partial charge >= 0.3 is 6.03 Å². The SMILES string of the molecule is O=C1N/C(=C/c2cc(Cl)c(OCc3ccc([N+](=O)[O-])cc3)c(Br)c2)C(=O)N1Cc1ccc(F)cc1. The molecule has 35 heavy (non-hydrogen) atoms. The third-order valence-corrected chi connectivity index (χ3v) is 5.95. The van der Waals surface area contributed by atoms with Crippen molar-refractivity contribution in [3.63, 3.8) is 0 Å². The minimum Gasteiger partial charge on any atom is -0.486 e. The molecule has 1 aliphatic heterocycles. The summed E-state index contributed by atoms with van der Waals surface area (Å²) in [6, 6.07) is 14.1. The van der Waals surface area contributed by atoms with Gasteiger partial charge in [-0.3, -0.25) is 19.8 Å². The molecular formula is C24H16BrClFN3O5. The number of carbonyl (C=O) groups is 2. The number of urea groups is 1. The highest BCUT2D eigenvalue weighted by Crippen LogP contribution is 2.36. The number of ether oxygens (including phenoxy) is 1. The smallest absolute Gasteiger partial charge is 0.329 e. The lowest BCUT2D eigenvalue weighted by molar-refractivity contribution is -0.384. The standard InChI is InChI=1S/C24H16BrClFN3O5/c25-19-9-16(10-20(26)22(19)35-13-15-3-7-18(8-4-15)30(33)34)11-21-23(31)29(24(32)28-21)12-14-1-5-17(27)6-2-14/h1-11H,12-13H2,(H,28,32)/b21-11+. The average molecular weight is 561 g/mol. The lowest BCUT2D eigenvalue weighted by Crippen LogP contribution is -2.30. The molecule has 0 atom stereocenters. The van der Waals surface area contributed by atoms with Crippen LogP contribution in [0, 0.1) is 15.9 Å². The first kappa shape index (κ1) is 24.4. The second-order valence-electron chi connectivity index (χ2n) is 7.53. The largest absolute Gasteiger partial charge is 0.486 e. The number of carbonyl (C=O) groups excluding carboxylic acids is 2. The molecule has 0 aromatic heterocycles. The second kappa shape index (κ2) is 10.2. The van der Waals surface area contributed by atoms with Crippen molar-refractivity contribution in [2.75, 3.05) is 0 Å². The van der Waals surface area contributed by atoms with E-state index >= 15 is 0 Å². The maximum absolute atomic E-state index is 13.1. The van der Waals surface area contributed by atoms with E-state index in [1.165, 1.54) is 42.5 Å². The number of benzene rings is 3. The number of halogens is 3. The van der Waals surface area contributed by atoms with Crippen LogP contribution in [0.25, 0.3) is 6.08 Å². The Hall–Kier alpha value is -3.76. The van der Waals surface area contributed by atoms with Crippen molar-refractivity contribution in [2.24, 2.45) is 0 Å². The molecule has 1 saturated heterocycles. The topological polar surface area (TPSA) is 102 Å². The van der Waals surface area contributed by atoms with E-state index in [4.69, 9.17) is 16.3 Å². The van der Waals surface area contributed by atoms with E-state index in [1.54, 1.807) is 24.3 Å².